The first-order chi connectivity index (χ1) is 26.4. The third kappa shape index (κ3) is 6.96. The summed E-state index contributed by atoms with van der Waals surface area (Å²) in [6.07, 6.45) is -2.30. The van der Waals surface area contributed by atoms with Crippen LogP contribution in [-0.4, -0.2) is 83.0 Å². The zero-order valence-electron chi connectivity index (χ0n) is 30.5. The number of anilines is 1. The number of aromatic hydroxyl groups is 1. The molecular formula is C37H35Cl2F4N9O4. The molecule has 19 heteroatoms. The third-order valence-electron chi connectivity index (χ3n) is 10.4. The molecule has 1 spiro atoms. The predicted molar refractivity (Wildman–Crippen MR) is 198 cm³/mol. The molecule has 3 aromatic heterocycles. The van der Waals surface area contributed by atoms with E-state index in [1.54, 1.807) is 25.9 Å². The van der Waals surface area contributed by atoms with Gasteiger partial charge in [0.2, 0.25) is 11.7 Å². The Morgan fingerprint density at radius 1 is 1.09 bits per heavy atom. The Bertz CT molecular complexity index is 2480. The number of piperidine rings is 1. The lowest BCUT2D eigenvalue weighted by molar-refractivity contribution is -0.137. The van der Waals surface area contributed by atoms with Crippen LogP contribution in [0.15, 0.2) is 41.5 Å². The summed E-state index contributed by atoms with van der Waals surface area (Å²) >= 11 is 12.7. The number of likely N-dealkylation sites (tertiary alicyclic amines) is 1. The van der Waals surface area contributed by atoms with Crippen LogP contribution >= 0.6 is 23.2 Å². The second-order valence-electron chi connectivity index (χ2n) is 14.5. The molecule has 4 heterocycles. The summed E-state index contributed by atoms with van der Waals surface area (Å²) in [5.74, 6) is -2.74. The van der Waals surface area contributed by atoms with Gasteiger partial charge in [-0.25, -0.2) is 14.4 Å². The highest BCUT2D eigenvalue weighted by Gasteiger charge is 2.49. The number of nitrogens with zero attached hydrogens (tertiary/aromatic N) is 8. The number of carbonyl (C=O) groups excluding carboxylic acids is 2. The van der Waals surface area contributed by atoms with E-state index in [-0.39, 0.29) is 69.0 Å². The topological polar surface area (TPSA) is 151 Å². The van der Waals surface area contributed by atoms with E-state index in [0.717, 1.165) is 16.6 Å². The number of rotatable bonds is 7. The first kappa shape index (κ1) is 39.1. The number of aromatic nitrogens is 6. The Morgan fingerprint density at radius 3 is 2.46 bits per heavy atom. The van der Waals surface area contributed by atoms with E-state index in [2.05, 4.69) is 25.4 Å². The van der Waals surface area contributed by atoms with Crippen molar-refractivity contribution in [2.24, 2.45) is 0 Å². The highest BCUT2D eigenvalue weighted by Crippen LogP contribution is 2.50. The van der Waals surface area contributed by atoms with Gasteiger partial charge in [0.05, 0.1) is 27.5 Å². The number of nitrogens with one attached hydrogen (secondary N) is 1. The van der Waals surface area contributed by atoms with Gasteiger partial charge < -0.3 is 24.8 Å². The number of carbonyl (C=O) groups is 2. The third-order valence-corrected chi connectivity index (χ3v) is 11.1. The molecule has 5 aromatic rings. The Hall–Kier alpha value is -5.13. The molecule has 1 aliphatic carbocycles. The maximum Gasteiger partial charge on any atom is 0.416 e. The van der Waals surface area contributed by atoms with Crippen LogP contribution < -0.4 is 10.9 Å². The second kappa shape index (κ2) is 14.4. The fourth-order valence-electron chi connectivity index (χ4n) is 7.85. The first-order valence-corrected chi connectivity index (χ1v) is 18.3. The van der Waals surface area contributed by atoms with Crippen LogP contribution in [0.4, 0.5) is 23.2 Å². The quantitative estimate of drug-likeness (QED) is 0.183. The van der Waals surface area contributed by atoms with Gasteiger partial charge in [-0.2, -0.15) is 22.7 Å². The summed E-state index contributed by atoms with van der Waals surface area (Å²) in [7, 11) is 3.61. The van der Waals surface area contributed by atoms with Crippen LogP contribution in [0.3, 0.4) is 0 Å². The summed E-state index contributed by atoms with van der Waals surface area (Å²) in [5, 5.41) is 17.4. The molecule has 2 aromatic carbocycles. The molecule has 2 N–H and O–H groups in total. The van der Waals surface area contributed by atoms with Crippen molar-refractivity contribution in [2.45, 2.75) is 63.7 Å². The number of aryl methyl sites for hydroxylation is 1. The molecule has 0 unspecified atom stereocenters. The van der Waals surface area contributed by atoms with Crippen molar-refractivity contribution in [1.82, 2.24) is 38.9 Å². The Labute approximate surface area is 326 Å². The monoisotopic (exact) mass is 815 g/mol. The smallest absolute Gasteiger partial charge is 0.416 e. The fourth-order valence-corrected chi connectivity index (χ4v) is 8.30. The van der Waals surface area contributed by atoms with Crippen LogP contribution in [0, 0.1) is 12.7 Å². The summed E-state index contributed by atoms with van der Waals surface area (Å²) in [5.41, 5.74) is -0.950. The number of fused-ring (bicyclic) bond motifs is 3. The van der Waals surface area contributed by atoms with E-state index in [0.29, 0.717) is 48.7 Å². The summed E-state index contributed by atoms with van der Waals surface area (Å²) < 4.78 is 58.1. The number of hydrogen-bond donors (Lipinski definition) is 2. The van der Waals surface area contributed by atoms with Crippen molar-refractivity contribution in [1.29, 1.82) is 0 Å². The van der Waals surface area contributed by atoms with Crippen molar-refractivity contribution in [3.05, 3.63) is 96.6 Å². The molecule has 7 rings (SSSR count). The van der Waals surface area contributed by atoms with Gasteiger partial charge in [0, 0.05) is 41.3 Å². The van der Waals surface area contributed by atoms with E-state index >= 15 is 4.39 Å². The standard InChI is InChI=1S/C37H35Cl2F4N9O4/c1-18-14-36(7-9-50(10-8-36)34(56)29-31(54)19(2)44-17-45-29)28-30(18)51(16-27(53)46-26-6-5-21(12-24(26)39)37(41,42)43)35-47-32(48-52(35)33(28)55)22-13-23(38)20(11-25(22)40)15-49(3)4/h5-6,11-13,17-18,54H,7-10,14-16H2,1-4H3,(H,46,53)/t18-/m0/s1. The molecule has 1 atom stereocenters. The van der Waals surface area contributed by atoms with E-state index < -0.39 is 46.9 Å². The number of hydrogen-bond acceptors (Lipinski definition) is 9. The molecule has 0 saturated carbocycles. The van der Waals surface area contributed by atoms with Crippen LogP contribution in [0.25, 0.3) is 17.2 Å². The van der Waals surface area contributed by atoms with Crippen molar-refractivity contribution in [2.75, 3.05) is 32.5 Å². The molecule has 13 nitrogen and oxygen atoms in total. The molecule has 0 radical (unpaired) electrons. The molecule has 0 bridgehead atoms. The van der Waals surface area contributed by atoms with Crippen molar-refractivity contribution in [3.63, 3.8) is 0 Å². The summed E-state index contributed by atoms with van der Waals surface area (Å²) in [6.45, 7) is 3.76. The second-order valence-corrected chi connectivity index (χ2v) is 15.3. The van der Waals surface area contributed by atoms with Crippen LogP contribution in [-0.2, 0) is 29.5 Å². The van der Waals surface area contributed by atoms with E-state index in [4.69, 9.17) is 23.2 Å². The average molecular weight is 817 g/mol. The van der Waals surface area contributed by atoms with E-state index in [1.807, 2.05) is 11.8 Å². The fraction of sp³-hybridized carbons (Fsp3) is 0.378. The molecule has 2 aliphatic rings. The molecule has 2 amide bonds. The van der Waals surface area contributed by atoms with Gasteiger partial charge in [0.1, 0.15) is 18.7 Å². The van der Waals surface area contributed by atoms with Gasteiger partial charge in [0.15, 0.2) is 17.3 Å². The summed E-state index contributed by atoms with van der Waals surface area (Å²) in [6, 6.07) is 5.19. The number of amides is 2. The molecule has 56 heavy (non-hydrogen) atoms. The minimum Gasteiger partial charge on any atom is -0.504 e. The van der Waals surface area contributed by atoms with Crippen LogP contribution in [0.2, 0.25) is 10.0 Å². The summed E-state index contributed by atoms with van der Waals surface area (Å²) in [4.78, 5) is 57.6. The SMILES string of the molecule is Cc1ncnc(C(=O)N2CCC3(CC2)C[C@H](C)c2c3c(=O)n3nc(-c4cc(Cl)c(CN(C)C)cc4F)nc3n2CC(=O)Nc2ccc(C(F)(F)F)cc2Cl)c1O. The normalized spacial score (nSPS) is 16.6. The highest BCUT2D eigenvalue weighted by molar-refractivity contribution is 6.33. The van der Waals surface area contributed by atoms with E-state index in [9.17, 15) is 32.7 Å². The Balaban J connectivity index is 1.31. The van der Waals surface area contributed by atoms with Gasteiger partial charge >= 0.3 is 6.18 Å². The molecule has 294 valence electrons. The lowest BCUT2D eigenvalue weighted by Crippen LogP contribution is -2.46. The van der Waals surface area contributed by atoms with Crippen molar-refractivity contribution >= 4 is 46.5 Å². The molecular weight excluding hydrogens is 781 g/mol. The minimum absolute atomic E-state index is 0.0680. The van der Waals surface area contributed by atoms with Crippen molar-refractivity contribution in [3.8, 4) is 17.1 Å². The van der Waals surface area contributed by atoms with Gasteiger partial charge in [-0.1, -0.05) is 30.1 Å². The number of benzene rings is 2. The Kier molecular flexibility index (Phi) is 10.1. The molecule has 1 saturated heterocycles. The molecule has 1 aliphatic heterocycles. The highest BCUT2D eigenvalue weighted by atomic mass is 35.5. The van der Waals surface area contributed by atoms with Crippen molar-refractivity contribution < 1.29 is 32.3 Å². The van der Waals surface area contributed by atoms with Gasteiger partial charge in [0.25, 0.3) is 11.5 Å². The Morgan fingerprint density at radius 2 is 1.80 bits per heavy atom. The predicted octanol–water partition coefficient (Wildman–Crippen LogP) is 6.21. The first-order valence-electron chi connectivity index (χ1n) is 17.5. The van der Waals surface area contributed by atoms with Gasteiger partial charge in [-0.3, -0.25) is 14.4 Å². The zero-order valence-corrected chi connectivity index (χ0v) is 32.0. The molecule has 1 fully saturated rings. The van der Waals surface area contributed by atoms with Crippen LogP contribution in [0.5, 0.6) is 5.75 Å². The van der Waals surface area contributed by atoms with E-state index in [1.165, 1.54) is 23.0 Å². The minimum atomic E-state index is -4.65. The lowest BCUT2D eigenvalue weighted by Gasteiger charge is -2.39. The number of halogens is 6. The van der Waals surface area contributed by atoms with Gasteiger partial charge in [-0.15, -0.1) is 5.10 Å². The number of alkyl halides is 3. The van der Waals surface area contributed by atoms with Gasteiger partial charge in [-0.05, 0) is 82.1 Å². The lowest BCUT2D eigenvalue weighted by atomic mass is 9.73. The maximum atomic E-state index is 15.7. The average Bonchev–Trinajstić information content (AvgIpc) is 3.69. The largest absolute Gasteiger partial charge is 0.504 e. The maximum absolute atomic E-state index is 15.7. The van der Waals surface area contributed by atoms with Crippen LogP contribution in [0.1, 0.15) is 70.7 Å². The zero-order chi connectivity index (χ0) is 40.4.